The van der Waals surface area contributed by atoms with E-state index in [0.29, 0.717) is 12.4 Å². The molecule has 0 amide bonds. The number of hydrogen-bond acceptors (Lipinski definition) is 5. The maximum absolute atomic E-state index is 11.1. The normalized spacial score (nSPS) is 11.3. The third kappa shape index (κ3) is 3.73. The van der Waals surface area contributed by atoms with Crippen LogP contribution in [-0.2, 0) is 16.6 Å². The molecule has 0 atom stereocenters. The van der Waals surface area contributed by atoms with Gasteiger partial charge in [-0.2, -0.15) is 0 Å². The number of aromatic nitrogens is 2. The number of anilines is 1. The van der Waals surface area contributed by atoms with Crippen LogP contribution in [0.1, 0.15) is 11.5 Å². The van der Waals surface area contributed by atoms with Crippen LogP contribution in [0.4, 0.5) is 5.69 Å². The molecule has 0 aliphatic heterocycles. The molecule has 100 valence electrons. The monoisotopic (exact) mass is 278 g/mol. The van der Waals surface area contributed by atoms with E-state index in [2.05, 4.69) is 15.3 Å². The molecule has 0 fully saturated rings. The summed E-state index contributed by atoms with van der Waals surface area (Å²) in [6.45, 7) is 2.36. The average Bonchev–Trinajstić information content (AvgIpc) is 2.36. The zero-order valence-corrected chi connectivity index (χ0v) is 11.2. The van der Waals surface area contributed by atoms with Gasteiger partial charge in [-0.25, -0.2) is 23.5 Å². The van der Waals surface area contributed by atoms with Gasteiger partial charge in [0.05, 0.1) is 17.1 Å². The first-order chi connectivity index (χ1) is 8.95. The first-order valence-electron chi connectivity index (χ1n) is 5.60. The number of aryl methyl sites for hydroxylation is 1. The molecule has 0 saturated carbocycles. The zero-order chi connectivity index (χ0) is 13.9. The fraction of sp³-hybridized carbons (Fsp3) is 0.167. The van der Waals surface area contributed by atoms with E-state index in [4.69, 9.17) is 5.14 Å². The number of sulfonamides is 1. The van der Waals surface area contributed by atoms with Crippen LogP contribution in [0.5, 0.6) is 0 Å². The maximum atomic E-state index is 11.1. The van der Waals surface area contributed by atoms with Crippen molar-refractivity contribution >= 4 is 15.7 Å². The van der Waals surface area contributed by atoms with Gasteiger partial charge < -0.3 is 5.32 Å². The van der Waals surface area contributed by atoms with Crippen molar-refractivity contribution in [2.24, 2.45) is 5.14 Å². The molecular formula is C12H14N4O2S. The Morgan fingerprint density at radius 1 is 1.21 bits per heavy atom. The van der Waals surface area contributed by atoms with Crippen molar-refractivity contribution in [3.63, 3.8) is 0 Å². The lowest BCUT2D eigenvalue weighted by Gasteiger charge is -2.07. The number of nitrogens with two attached hydrogens (primary N) is 1. The predicted molar refractivity (Wildman–Crippen MR) is 71.9 cm³/mol. The number of rotatable bonds is 4. The standard InChI is InChI=1S/C12H14N4O2S/c1-9-14-7-6-11(16-9)8-15-10-2-4-12(5-3-10)19(13,17)18/h2-7,15H,8H2,1H3,(H2,13,17,18). The van der Waals surface area contributed by atoms with Crippen molar-refractivity contribution in [1.29, 1.82) is 0 Å². The fourth-order valence-electron chi connectivity index (χ4n) is 1.56. The highest BCUT2D eigenvalue weighted by atomic mass is 32.2. The third-order valence-electron chi connectivity index (χ3n) is 2.49. The Morgan fingerprint density at radius 3 is 2.47 bits per heavy atom. The Balaban J connectivity index is 2.05. The summed E-state index contributed by atoms with van der Waals surface area (Å²) in [5, 5.41) is 8.16. The first kappa shape index (κ1) is 13.4. The Hall–Kier alpha value is -1.99. The molecule has 0 saturated heterocycles. The molecule has 7 heteroatoms. The summed E-state index contributed by atoms with van der Waals surface area (Å²) in [5.74, 6) is 0.712. The van der Waals surface area contributed by atoms with Gasteiger partial charge >= 0.3 is 0 Å². The Morgan fingerprint density at radius 2 is 1.89 bits per heavy atom. The quantitative estimate of drug-likeness (QED) is 0.871. The molecule has 2 rings (SSSR count). The lowest BCUT2D eigenvalue weighted by Crippen LogP contribution is -2.12. The van der Waals surface area contributed by atoms with Crippen LogP contribution in [0.3, 0.4) is 0 Å². The molecule has 3 N–H and O–H groups in total. The summed E-state index contributed by atoms with van der Waals surface area (Å²) in [4.78, 5) is 8.36. The molecule has 1 aromatic heterocycles. The molecule has 0 aliphatic carbocycles. The van der Waals surface area contributed by atoms with Gasteiger partial charge in [-0.15, -0.1) is 0 Å². The molecule has 0 bridgehead atoms. The van der Waals surface area contributed by atoms with Gasteiger partial charge in [-0.05, 0) is 37.3 Å². The van der Waals surface area contributed by atoms with Crippen LogP contribution < -0.4 is 10.5 Å². The number of primary sulfonamides is 1. The average molecular weight is 278 g/mol. The summed E-state index contributed by atoms with van der Waals surface area (Å²) < 4.78 is 22.2. The molecule has 0 spiro atoms. The van der Waals surface area contributed by atoms with E-state index in [1.54, 1.807) is 18.3 Å². The van der Waals surface area contributed by atoms with E-state index in [1.165, 1.54) is 12.1 Å². The van der Waals surface area contributed by atoms with Gasteiger partial charge in [0.25, 0.3) is 0 Å². The molecule has 19 heavy (non-hydrogen) atoms. The summed E-state index contributed by atoms with van der Waals surface area (Å²) in [6.07, 6.45) is 1.70. The largest absolute Gasteiger partial charge is 0.379 e. The third-order valence-corrected chi connectivity index (χ3v) is 3.42. The van der Waals surface area contributed by atoms with Crippen LogP contribution >= 0.6 is 0 Å². The highest BCUT2D eigenvalue weighted by molar-refractivity contribution is 7.89. The second-order valence-corrected chi connectivity index (χ2v) is 5.58. The van der Waals surface area contributed by atoms with Crippen molar-refractivity contribution in [3.8, 4) is 0 Å². The summed E-state index contributed by atoms with van der Waals surface area (Å²) in [7, 11) is -3.64. The van der Waals surface area contributed by atoms with Crippen molar-refractivity contribution in [2.45, 2.75) is 18.4 Å². The number of nitrogens with one attached hydrogen (secondary N) is 1. The van der Waals surface area contributed by atoms with E-state index in [-0.39, 0.29) is 4.90 Å². The molecule has 1 heterocycles. The lowest BCUT2D eigenvalue weighted by molar-refractivity contribution is 0.598. The second-order valence-electron chi connectivity index (χ2n) is 4.02. The van der Waals surface area contributed by atoms with E-state index in [0.717, 1.165) is 11.4 Å². The van der Waals surface area contributed by atoms with Crippen molar-refractivity contribution in [2.75, 3.05) is 5.32 Å². The molecule has 0 aliphatic rings. The lowest BCUT2D eigenvalue weighted by atomic mass is 10.3. The van der Waals surface area contributed by atoms with Gasteiger partial charge in [-0.1, -0.05) is 0 Å². The van der Waals surface area contributed by atoms with Gasteiger partial charge in [0.1, 0.15) is 5.82 Å². The Kier molecular flexibility index (Phi) is 3.77. The van der Waals surface area contributed by atoms with Crippen LogP contribution in [0, 0.1) is 6.92 Å². The smallest absolute Gasteiger partial charge is 0.238 e. The summed E-state index contributed by atoms with van der Waals surface area (Å²) in [6, 6.07) is 8.06. The molecule has 2 aromatic rings. The Bertz CT molecular complexity index is 668. The minimum Gasteiger partial charge on any atom is -0.379 e. The van der Waals surface area contributed by atoms with Gasteiger partial charge in [0.15, 0.2) is 0 Å². The van der Waals surface area contributed by atoms with E-state index < -0.39 is 10.0 Å². The predicted octanol–water partition coefficient (Wildman–Crippen LogP) is 1.04. The second kappa shape index (κ2) is 5.33. The molecule has 0 unspecified atom stereocenters. The van der Waals surface area contributed by atoms with Gasteiger partial charge in [0.2, 0.25) is 10.0 Å². The van der Waals surface area contributed by atoms with Crippen LogP contribution in [0.25, 0.3) is 0 Å². The maximum Gasteiger partial charge on any atom is 0.238 e. The minimum atomic E-state index is -3.64. The van der Waals surface area contributed by atoms with E-state index in [9.17, 15) is 8.42 Å². The number of hydrogen-bond donors (Lipinski definition) is 2. The van der Waals surface area contributed by atoms with Crippen molar-refractivity contribution in [1.82, 2.24) is 9.97 Å². The van der Waals surface area contributed by atoms with Crippen LogP contribution in [0.15, 0.2) is 41.4 Å². The Labute approximate surface area is 111 Å². The van der Waals surface area contributed by atoms with E-state index >= 15 is 0 Å². The van der Waals surface area contributed by atoms with Crippen LogP contribution in [0.2, 0.25) is 0 Å². The molecular weight excluding hydrogens is 264 g/mol. The summed E-state index contributed by atoms with van der Waals surface area (Å²) >= 11 is 0. The summed E-state index contributed by atoms with van der Waals surface area (Å²) in [5.41, 5.74) is 1.66. The molecule has 1 aromatic carbocycles. The number of benzene rings is 1. The van der Waals surface area contributed by atoms with Gasteiger partial charge in [-0.3, -0.25) is 0 Å². The highest BCUT2D eigenvalue weighted by Crippen LogP contribution is 2.13. The topological polar surface area (TPSA) is 98.0 Å². The highest BCUT2D eigenvalue weighted by Gasteiger charge is 2.06. The van der Waals surface area contributed by atoms with Crippen LogP contribution in [-0.4, -0.2) is 18.4 Å². The fourth-order valence-corrected chi connectivity index (χ4v) is 2.07. The SMILES string of the molecule is Cc1nccc(CNc2ccc(S(N)(=O)=O)cc2)n1. The number of nitrogens with zero attached hydrogens (tertiary/aromatic N) is 2. The van der Waals surface area contributed by atoms with Gasteiger partial charge in [0, 0.05) is 11.9 Å². The van der Waals surface area contributed by atoms with Crippen molar-refractivity contribution in [3.05, 3.63) is 48.0 Å². The minimum absolute atomic E-state index is 0.0935. The van der Waals surface area contributed by atoms with Crippen molar-refractivity contribution < 1.29 is 8.42 Å². The zero-order valence-electron chi connectivity index (χ0n) is 10.4. The molecule has 0 radical (unpaired) electrons. The first-order valence-corrected chi connectivity index (χ1v) is 7.15. The molecule has 6 nitrogen and oxygen atoms in total. The van der Waals surface area contributed by atoms with E-state index in [1.807, 2.05) is 13.0 Å².